The van der Waals surface area contributed by atoms with Crippen LogP contribution in [0.25, 0.3) is 16.7 Å². The van der Waals surface area contributed by atoms with Crippen molar-refractivity contribution in [3.05, 3.63) is 87.4 Å². The number of aryl methyl sites for hydroxylation is 1. The standard InChI is InChI=1S/C23H20ClN7O3/c1-13-10-26-30-31(13)21-12-34-23(29-21)27-14(2)17-7-15-8-18(24)20(9-19(15)28-22(17)32)33-11-16-5-3-4-6-25-16/h3-10,12,14H,11H2,1-2H3,(H,27,29)(H,28,32)/t14-/m0/s1. The summed E-state index contributed by atoms with van der Waals surface area (Å²) in [5, 5.41) is 12.1. The Balaban J connectivity index is 1.36. The number of hydrogen-bond donors (Lipinski definition) is 2. The molecule has 172 valence electrons. The van der Waals surface area contributed by atoms with Crippen molar-refractivity contribution >= 4 is 28.5 Å². The first-order valence-electron chi connectivity index (χ1n) is 10.5. The topological polar surface area (TPSA) is 124 Å². The molecule has 0 unspecified atom stereocenters. The number of oxazole rings is 1. The minimum Gasteiger partial charge on any atom is -0.486 e. The first-order valence-corrected chi connectivity index (χ1v) is 10.8. The van der Waals surface area contributed by atoms with Crippen molar-refractivity contribution in [2.45, 2.75) is 26.5 Å². The molecule has 4 heterocycles. The third kappa shape index (κ3) is 4.35. The van der Waals surface area contributed by atoms with Gasteiger partial charge < -0.3 is 19.5 Å². The van der Waals surface area contributed by atoms with Gasteiger partial charge in [0, 0.05) is 23.2 Å². The Bertz CT molecular complexity index is 1510. The Kier molecular flexibility index (Phi) is 5.72. The van der Waals surface area contributed by atoms with Crippen LogP contribution in [0.4, 0.5) is 6.01 Å². The van der Waals surface area contributed by atoms with E-state index in [0.717, 1.165) is 16.8 Å². The number of halogens is 1. The van der Waals surface area contributed by atoms with Gasteiger partial charge in [0.1, 0.15) is 18.6 Å². The molecule has 0 aliphatic carbocycles. The van der Waals surface area contributed by atoms with Gasteiger partial charge in [-0.05, 0) is 38.1 Å². The lowest BCUT2D eigenvalue weighted by Gasteiger charge is -2.14. The molecule has 0 amide bonds. The molecule has 1 aromatic carbocycles. The number of fused-ring (bicyclic) bond motifs is 1. The molecule has 10 nitrogen and oxygen atoms in total. The molecule has 0 aliphatic rings. The SMILES string of the molecule is Cc1cnnn1-c1coc(N[C@@H](C)c2cc3cc(Cl)c(OCc4ccccn4)cc3[nH]c2=O)n1. The second-order valence-electron chi connectivity index (χ2n) is 7.70. The number of hydrogen-bond acceptors (Lipinski definition) is 8. The van der Waals surface area contributed by atoms with Crippen LogP contribution in [-0.4, -0.2) is 29.9 Å². The summed E-state index contributed by atoms with van der Waals surface area (Å²) >= 11 is 6.44. The number of nitrogens with one attached hydrogen (secondary N) is 2. The van der Waals surface area contributed by atoms with Crippen LogP contribution in [0.3, 0.4) is 0 Å². The van der Waals surface area contributed by atoms with E-state index in [1.54, 1.807) is 35.3 Å². The third-order valence-electron chi connectivity index (χ3n) is 5.26. The summed E-state index contributed by atoms with van der Waals surface area (Å²) in [7, 11) is 0. The summed E-state index contributed by atoms with van der Waals surface area (Å²) in [6.45, 7) is 3.97. The van der Waals surface area contributed by atoms with E-state index in [2.05, 4.69) is 30.6 Å². The first-order chi connectivity index (χ1) is 16.5. The Labute approximate surface area is 198 Å². The lowest BCUT2D eigenvalue weighted by atomic mass is 10.1. The fourth-order valence-electron chi connectivity index (χ4n) is 3.50. The van der Waals surface area contributed by atoms with Crippen molar-refractivity contribution in [1.82, 2.24) is 29.9 Å². The summed E-state index contributed by atoms with van der Waals surface area (Å²) in [6.07, 6.45) is 4.79. The van der Waals surface area contributed by atoms with Crippen LogP contribution in [0.15, 0.2) is 64.3 Å². The molecule has 5 aromatic rings. The van der Waals surface area contributed by atoms with Crippen molar-refractivity contribution in [1.29, 1.82) is 0 Å². The molecule has 2 N–H and O–H groups in total. The Morgan fingerprint density at radius 2 is 2.18 bits per heavy atom. The normalized spacial score (nSPS) is 12.1. The minimum atomic E-state index is -0.393. The van der Waals surface area contributed by atoms with Gasteiger partial charge in [-0.2, -0.15) is 9.67 Å². The fraction of sp³-hybridized carbons (Fsp3) is 0.174. The van der Waals surface area contributed by atoms with Gasteiger partial charge in [-0.1, -0.05) is 22.9 Å². The van der Waals surface area contributed by atoms with Crippen LogP contribution >= 0.6 is 11.6 Å². The van der Waals surface area contributed by atoms with Crippen LogP contribution in [0.2, 0.25) is 5.02 Å². The average Bonchev–Trinajstić information content (AvgIpc) is 3.46. The summed E-state index contributed by atoms with van der Waals surface area (Å²) in [5.74, 6) is 0.951. The van der Waals surface area contributed by atoms with Gasteiger partial charge in [-0.3, -0.25) is 9.78 Å². The second-order valence-corrected chi connectivity index (χ2v) is 8.10. The fourth-order valence-corrected chi connectivity index (χ4v) is 3.72. The Morgan fingerprint density at radius 3 is 2.94 bits per heavy atom. The zero-order valence-electron chi connectivity index (χ0n) is 18.3. The molecule has 5 rings (SSSR count). The number of H-pyrrole nitrogens is 1. The van der Waals surface area contributed by atoms with E-state index in [1.807, 2.05) is 32.0 Å². The van der Waals surface area contributed by atoms with E-state index in [1.165, 1.54) is 6.26 Å². The van der Waals surface area contributed by atoms with E-state index >= 15 is 0 Å². The molecule has 1 atom stereocenters. The molecule has 0 saturated heterocycles. The molecular weight excluding hydrogens is 458 g/mol. The second kappa shape index (κ2) is 8.99. The number of aromatic nitrogens is 6. The Hall–Kier alpha value is -4.18. The van der Waals surface area contributed by atoms with Crippen LogP contribution in [0, 0.1) is 6.92 Å². The van der Waals surface area contributed by atoms with Crippen LogP contribution < -0.4 is 15.6 Å². The third-order valence-corrected chi connectivity index (χ3v) is 5.56. The van der Waals surface area contributed by atoms with Gasteiger partial charge in [0.25, 0.3) is 11.6 Å². The van der Waals surface area contributed by atoms with Crippen molar-refractivity contribution in [3.8, 4) is 11.6 Å². The molecule has 0 bridgehead atoms. The zero-order valence-corrected chi connectivity index (χ0v) is 19.1. The van der Waals surface area contributed by atoms with E-state index in [0.29, 0.717) is 27.7 Å². The molecule has 34 heavy (non-hydrogen) atoms. The number of nitrogens with zero attached hydrogens (tertiary/aromatic N) is 5. The molecule has 11 heteroatoms. The molecular formula is C23H20ClN7O3. The number of benzene rings is 1. The minimum absolute atomic E-state index is 0.246. The summed E-state index contributed by atoms with van der Waals surface area (Å²) in [5.41, 5.74) is 2.46. The lowest BCUT2D eigenvalue weighted by Crippen LogP contribution is -2.19. The molecule has 0 saturated carbocycles. The van der Waals surface area contributed by atoms with Crippen molar-refractivity contribution < 1.29 is 9.15 Å². The highest BCUT2D eigenvalue weighted by Gasteiger charge is 2.16. The highest BCUT2D eigenvalue weighted by atomic mass is 35.5. The Morgan fingerprint density at radius 1 is 1.29 bits per heavy atom. The smallest absolute Gasteiger partial charge is 0.297 e. The van der Waals surface area contributed by atoms with E-state index in [-0.39, 0.29) is 18.2 Å². The summed E-state index contributed by atoms with van der Waals surface area (Å²) in [6, 6.07) is 10.7. The molecule has 0 radical (unpaired) electrons. The van der Waals surface area contributed by atoms with E-state index in [9.17, 15) is 4.79 Å². The summed E-state index contributed by atoms with van der Waals surface area (Å²) in [4.78, 5) is 24.3. The van der Waals surface area contributed by atoms with Gasteiger partial charge in [-0.25, -0.2) is 0 Å². The van der Waals surface area contributed by atoms with Crippen LogP contribution in [0.5, 0.6) is 5.75 Å². The molecule has 4 aromatic heterocycles. The van der Waals surface area contributed by atoms with Crippen molar-refractivity contribution in [3.63, 3.8) is 0 Å². The van der Waals surface area contributed by atoms with Crippen LogP contribution in [-0.2, 0) is 6.61 Å². The maximum absolute atomic E-state index is 12.8. The predicted molar refractivity (Wildman–Crippen MR) is 126 cm³/mol. The van der Waals surface area contributed by atoms with Gasteiger partial charge in [0.05, 0.1) is 34.2 Å². The van der Waals surface area contributed by atoms with Gasteiger partial charge in [0.15, 0.2) is 5.82 Å². The highest BCUT2D eigenvalue weighted by Crippen LogP contribution is 2.30. The largest absolute Gasteiger partial charge is 0.486 e. The number of aromatic amines is 1. The maximum atomic E-state index is 12.8. The monoisotopic (exact) mass is 477 g/mol. The van der Waals surface area contributed by atoms with Crippen molar-refractivity contribution in [2.24, 2.45) is 0 Å². The number of ether oxygens (including phenoxy) is 1. The van der Waals surface area contributed by atoms with Crippen LogP contribution in [0.1, 0.15) is 29.9 Å². The number of anilines is 1. The molecule has 0 fully saturated rings. The quantitative estimate of drug-likeness (QED) is 0.357. The molecule has 0 spiro atoms. The van der Waals surface area contributed by atoms with Gasteiger partial charge >= 0.3 is 0 Å². The van der Waals surface area contributed by atoms with E-state index < -0.39 is 6.04 Å². The average molecular weight is 478 g/mol. The van der Waals surface area contributed by atoms with Gasteiger partial charge in [0.2, 0.25) is 0 Å². The van der Waals surface area contributed by atoms with Crippen molar-refractivity contribution in [2.75, 3.05) is 5.32 Å². The van der Waals surface area contributed by atoms with Gasteiger partial charge in [-0.15, -0.1) is 5.10 Å². The highest BCUT2D eigenvalue weighted by molar-refractivity contribution is 6.32. The first kappa shape index (κ1) is 21.7. The molecule has 0 aliphatic heterocycles. The predicted octanol–water partition coefficient (Wildman–Crippen LogP) is 4.21. The summed E-state index contributed by atoms with van der Waals surface area (Å²) < 4.78 is 12.9. The zero-order chi connectivity index (χ0) is 23.7. The lowest BCUT2D eigenvalue weighted by molar-refractivity contribution is 0.302. The maximum Gasteiger partial charge on any atom is 0.297 e. The number of pyridine rings is 2. The number of rotatable bonds is 7. The van der Waals surface area contributed by atoms with E-state index in [4.69, 9.17) is 20.8 Å².